The summed E-state index contributed by atoms with van der Waals surface area (Å²) in [6.45, 7) is 2.97. The van der Waals surface area contributed by atoms with Gasteiger partial charge in [-0.1, -0.05) is 25.1 Å². The highest BCUT2D eigenvalue weighted by atomic mass is 16.5. The van der Waals surface area contributed by atoms with Crippen LogP contribution in [0.3, 0.4) is 0 Å². The lowest BCUT2D eigenvalue weighted by molar-refractivity contribution is 0.209. The molecule has 88 valence electrons. The predicted molar refractivity (Wildman–Crippen MR) is 67.6 cm³/mol. The smallest absolute Gasteiger partial charge is 0.124 e. The molecule has 0 bridgehead atoms. The van der Waals surface area contributed by atoms with E-state index < -0.39 is 0 Å². The van der Waals surface area contributed by atoms with Crippen molar-refractivity contribution in [2.24, 2.45) is 5.92 Å². The molecule has 2 unspecified atom stereocenters. The van der Waals surface area contributed by atoms with Crippen molar-refractivity contribution >= 4 is 0 Å². The van der Waals surface area contributed by atoms with Crippen molar-refractivity contribution in [1.82, 2.24) is 4.68 Å². The van der Waals surface area contributed by atoms with Crippen LogP contribution in [0.25, 0.3) is 0 Å². The van der Waals surface area contributed by atoms with E-state index in [0.717, 1.165) is 12.4 Å². The molecule has 1 aliphatic rings. The average Bonchev–Trinajstić information content (AvgIpc) is 2.86. The molecule has 1 N–H and O–H groups in total. The molecule has 0 amide bonds. The summed E-state index contributed by atoms with van der Waals surface area (Å²) in [5.74, 6) is 1.45. The van der Waals surface area contributed by atoms with Crippen molar-refractivity contribution in [2.75, 3.05) is 12.0 Å². The lowest BCUT2D eigenvalue weighted by Gasteiger charge is -2.32. The molecule has 1 aromatic carbocycles. The normalized spacial score (nSPS) is 22.6. The van der Waals surface area contributed by atoms with Crippen LogP contribution in [0.5, 0.6) is 5.75 Å². The second-order valence-electron chi connectivity index (χ2n) is 4.52. The number of aromatic nitrogens is 1. The molecule has 3 rings (SSSR count). The first-order chi connectivity index (χ1) is 8.34. The lowest BCUT2D eigenvalue weighted by atomic mass is 9.93. The maximum atomic E-state index is 5.74. The van der Waals surface area contributed by atoms with Gasteiger partial charge in [-0.05, 0) is 18.2 Å². The fourth-order valence-electron chi connectivity index (χ4n) is 2.27. The zero-order valence-corrected chi connectivity index (χ0v) is 9.84. The fraction of sp³-hybridized carbons (Fsp3) is 0.286. The number of nitrogens with one attached hydrogen (secondary N) is 1. The van der Waals surface area contributed by atoms with Crippen LogP contribution in [0.4, 0.5) is 0 Å². The molecule has 0 saturated heterocycles. The number of rotatable bonds is 2. The Morgan fingerprint density at radius 2 is 1.94 bits per heavy atom. The van der Waals surface area contributed by atoms with Crippen molar-refractivity contribution < 1.29 is 4.74 Å². The van der Waals surface area contributed by atoms with Gasteiger partial charge in [-0.25, -0.2) is 0 Å². The Balaban J connectivity index is 1.92. The molecular weight excluding hydrogens is 212 g/mol. The highest BCUT2D eigenvalue weighted by molar-refractivity contribution is 5.39. The zero-order chi connectivity index (χ0) is 11.7. The van der Waals surface area contributed by atoms with Crippen LogP contribution in [0.15, 0.2) is 48.8 Å². The molecule has 2 aromatic rings. The van der Waals surface area contributed by atoms with Crippen molar-refractivity contribution in [3.8, 4) is 5.75 Å². The number of para-hydroxylation sites is 1. The van der Waals surface area contributed by atoms with Gasteiger partial charge in [-0.2, -0.15) is 0 Å². The molecule has 0 radical (unpaired) electrons. The molecular formula is C14H16N2O. The molecule has 1 aromatic heterocycles. The third kappa shape index (κ3) is 1.88. The fourth-order valence-corrected chi connectivity index (χ4v) is 2.27. The number of ether oxygens (including phenoxy) is 1. The van der Waals surface area contributed by atoms with Crippen molar-refractivity contribution in [1.29, 1.82) is 0 Å². The van der Waals surface area contributed by atoms with E-state index in [4.69, 9.17) is 4.74 Å². The lowest BCUT2D eigenvalue weighted by Crippen LogP contribution is -2.32. The number of fused-ring (bicyclic) bond motifs is 1. The zero-order valence-electron chi connectivity index (χ0n) is 9.84. The predicted octanol–water partition coefficient (Wildman–Crippen LogP) is 2.80. The third-order valence-electron chi connectivity index (χ3n) is 3.22. The van der Waals surface area contributed by atoms with E-state index in [1.807, 2.05) is 41.3 Å². The van der Waals surface area contributed by atoms with Crippen LogP contribution in [-0.4, -0.2) is 11.3 Å². The Labute approximate surface area is 101 Å². The van der Waals surface area contributed by atoms with Crippen LogP contribution in [0.2, 0.25) is 0 Å². The number of nitrogens with zero attached hydrogens (tertiary/aromatic N) is 1. The van der Waals surface area contributed by atoms with Crippen LogP contribution in [0, 0.1) is 5.92 Å². The summed E-state index contributed by atoms with van der Waals surface area (Å²) in [5, 5.41) is 0. The molecule has 0 fully saturated rings. The van der Waals surface area contributed by atoms with Gasteiger partial charge in [-0.3, -0.25) is 4.68 Å². The van der Waals surface area contributed by atoms with Gasteiger partial charge in [0.25, 0.3) is 0 Å². The second-order valence-corrected chi connectivity index (χ2v) is 4.52. The van der Waals surface area contributed by atoms with Crippen molar-refractivity contribution in [3.05, 3.63) is 54.4 Å². The average molecular weight is 228 g/mol. The highest BCUT2D eigenvalue weighted by Crippen LogP contribution is 2.35. The minimum Gasteiger partial charge on any atom is -0.493 e. The first-order valence-electron chi connectivity index (χ1n) is 5.96. The number of benzene rings is 1. The Hall–Kier alpha value is -1.90. The highest BCUT2D eigenvalue weighted by Gasteiger charge is 2.27. The quantitative estimate of drug-likeness (QED) is 0.855. The van der Waals surface area contributed by atoms with Gasteiger partial charge in [0, 0.05) is 23.9 Å². The molecule has 17 heavy (non-hydrogen) atoms. The van der Waals surface area contributed by atoms with E-state index in [-0.39, 0.29) is 0 Å². The minimum atomic E-state index is 0.298. The first-order valence-corrected chi connectivity index (χ1v) is 5.96. The summed E-state index contributed by atoms with van der Waals surface area (Å²) < 4.78 is 7.74. The molecule has 0 spiro atoms. The molecule has 2 atom stereocenters. The van der Waals surface area contributed by atoms with Crippen LogP contribution >= 0.6 is 0 Å². The molecule has 2 heterocycles. The summed E-state index contributed by atoms with van der Waals surface area (Å²) in [4.78, 5) is 0. The monoisotopic (exact) mass is 228 g/mol. The topological polar surface area (TPSA) is 26.2 Å². The SMILES string of the molecule is CC1COc2ccccc2C1Nn1cccc1. The van der Waals surface area contributed by atoms with E-state index in [1.165, 1.54) is 5.56 Å². The van der Waals surface area contributed by atoms with Gasteiger partial charge in [0.2, 0.25) is 0 Å². The Morgan fingerprint density at radius 1 is 1.18 bits per heavy atom. The Morgan fingerprint density at radius 3 is 2.76 bits per heavy atom. The molecule has 3 heteroatoms. The largest absolute Gasteiger partial charge is 0.493 e. The van der Waals surface area contributed by atoms with Gasteiger partial charge in [0.15, 0.2) is 0 Å². The van der Waals surface area contributed by atoms with E-state index in [0.29, 0.717) is 12.0 Å². The van der Waals surface area contributed by atoms with Crippen LogP contribution in [0.1, 0.15) is 18.5 Å². The maximum absolute atomic E-state index is 5.74. The van der Waals surface area contributed by atoms with E-state index in [1.54, 1.807) is 0 Å². The Kier molecular flexibility index (Phi) is 2.52. The van der Waals surface area contributed by atoms with Gasteiger partial charge in [0.1, 0.15) is 5.75 Å². The third-order valence-corrected chi connectivity index (χ3v) is 3.22. The first kappa shape index (κ1) is 10.3. The summed E-state index contributed by atoms with van der Waals surface area (Å²) in [6, 6.07) is 12.6. The number of hydrogen-bond donors (Lipinski definition) is 1. The van der Waals surface area contributed by atoms with E-state index >= 15 is 0 Å². The van der Waals surface area contributed by atoms with Crippen LogP contribution < -0.4 is 10.2 Å². The minimum absolute atomic E-state index is 0.298. The van der Waals surface area contributed by atoms with Gasteiger partial charge >= 0.3 is 0 Å². The second kappa shape index (κ2) is 4.17. The number of hydrogen-bond acceptors (Lipinski definition) is 2. The summed E-state index contributed by atoms with van der Waals surface area (Å²) in [5.41, 5.74) is 4.74. The summed E-state index contributed by atoms with van der Waals surface area (Å²) in [6.07, 6.45) is 4.04. The molecule has 1 aliphatic heterocycles. The molecule has 0 aliphatic carbocycles. The van der Waals surface area contributed by atoms with Gasteiger partial charge in [-0.15, -0.1) is 0 Å². The maximum Gasteiger partial charge on any atom is 0.124 e. The standard InChI is InChI=1S/C14H16N2O/c1-11-10-17-13-7-3-2-6-12(13)14(11)15-16-8-4-5-9-16/h2-9,11,14-15H,10H2,1H3. The van der Waals surface area contributed by atoms with Crippen LogP contribution in [-0.2, 0) is 0 Å². The summed E-state index contributed by atoms with van der Waals surface area (Å²) in [7, 11) is 0. The van der Waals surface area contributed by atoms with Gasteiger partial charge < -0.3 is 10.2 Å². The summed E-state index contributed by atoms with van der Waals surface area (Å²) >= 11 is 0. The molecule has 0 saturated carbocycles. The van der Waals surface area contributed by atoms with E-state index in [9.17, 15) is 0 Å². The molecule has 3 nitrogen and oxygen atoms in total. The van der Waals surface area contributed by atoms with E-state index in [2.05, 4.69) is 24.5 Å². The van der Waals surface area contributed by atoms with Crippen molar-refractivity contribution in [2.45, 2.75) is 13.0 Å². The van der Waals surface area contributed by atoms with Crippen molar-refractivity contribution in [3.63, 3.8) is 0 Å². The Bertz CT molecular complexity index is 493. The van der Waals surface area contributed by atoms with Gasteiger partial charge in [0.05, 0.1) is 12.6 Å².